The largest absolute Gasteiger partial charge is 0.490 e. The Morgan fingerprint density at radius 3 is 2.18 bits per heavy atom. The summed E-state index contributed by atoms with van der Waals surface area (Å²) in [6.07, 6.45) is -2.81. The molecule has 0 aliphatic heterocycles. The predicted octanol–water partition coefficient (Wildman–Crippen LogP) is 5.58. The number of nitrogens with zero attached hydrogens (tertiary/aromatic N) is 2. The van der Waals surface area contributed by atoms with E-state index < -0.39 is 59.1 Å². The number of rotatable bonds is 18. The minimum absolute atomic E-state index is 0.00188. The van der Waals surface area contributed by atoms with Crippen molar-refractivity contribution in [3.63, 3.8) is 0 Å². The van der Waals surface area contributed by atoms with Gasteiger partial charge in [0, 0.05) is 54.8 Å². The molecule has 0 fully saturated rings. The van der Waals surface area contributed by atoms with Crippen LogP contribution in [0.2, 0.25) is 0 Å². The molecule has 3 aromatic rings. The SMILES string of the molecule is CC(C)(C)[C@H](c1cc(-c2cc(F)ccc2F)cn1Cc1ccccc1)N(CCCN)C(=O)CSCCC(=O)N[C@H](CNC(=O)CBr)C(=O)O.O=C(O)C(F)(F)F. The van der Waals surface area contributed by atoms with E-state index in [0.29, 0.717) is 31.6 Å². The second-order valence-electron chi connectivity index (χ2n) is 13.4. The van der Waals surface area contributed by atoms with Gasteiger partial charge < -0.3 is 36.0 Å². The van der Waals surface area contributed by atoms with Gasteiger partial charge in [0.1, 0.15) is 17.7 Å². The number of hydrogen-bond acceptors (Lipinski definition) is 7. The third-order valence-corrected chi connectivity index (χ3v) is 9.35. The standard InChI is InChI=1S/C35H44BrF2N5O5S.C2HF3O2/c1-35(2,3)33(29-16-24(26-17-25(37)10-11-27(26)38)21-42(29)20-23-8-5-4-6-9-23)43(14-7-13-39)32(46)22-49-15-12-30(44)41-28(34(47)48)19-40-31(45)18-36;3-2(4,5)1(6)7/h4-6,8-11,16-17,21,28,33H,7,12-15,18-20,22,39H2,1-3H3,(H,40,45)(H,41,44)(H,47,48);(H,6,7)/t28-,33+;/m1./s1. The van der Waals surface area contributed by atoms with Gasteiger partial charge in [-0.25, -0.2) is 18.4 Å². The van der Waals surface area contributed by atoms with E-state index in [-0.39, 0.29) is 41.3 Å². The summed E-state index contributed by atoms with van der Waals surface area (Å²) >= 11 is 4.22. The molecule has 0 aliphatic rings. The fourth-order valence-corrected chi connectivity index (χ4v) is 6.42. The number of nitrogens with one attached hydrogen (secondary N) is 2. The van der Waals surface area contributed by atoms with Crippen LogP contribution in [0.5, 0.6) is 0 Å². The number of alkyl halides is 4. The molecule has 3 amide bonds. The molecule has 3 rings (SSSR count). The van der Waals surface area contributed by atoms with E-state index in [1.54, 1.807) is 11.1 Å². The second-order valence-corrected chi connectivity index (χ2v) is 15.1. The number of carboxylic acids is 2. The molecule has 0 radical (unpaired) electrons. The van der Waals surface area contributed by atoms with Crippen molar-refractivity contribution in [1.82, 2.24) is 20.1 Å². The van der Waals surface area contributed by atoms with Crippen LogP contribution in [0.15, 0.2) is 60.8 Å². The number of carbonyl (C=O) groups excluding carboxylic acids is 3. The van der Waals surface area contributed by atoms with Crippen LogP contribution in [0.4, 0.5) is 22.0 Å². The van der Waals surface area contributed by atoms with Gasteiger partial charge in [-0.2, -0.15) is 24.9 Å². The Morgan fingerprint density at radius 1 is 0.982 bits per heavy atom. The van der Waals surface area contributed by atoms with E-state index in [9.17, 15) is 41.8 Å². The summed E-state index contributed by atoms with van der Waals surface area (Å²) in [5, 5.41) is 21.4. The average molecular weight is 879 g/mol. The molecule has 1 aromatic heterocycles. The summed E-state index contributed by atoms with van der Waals surface area (Å²) in [6.45, 7) is 6.90. The van der Waals surface area contributed by atoms with Crippen molar-refractivity contribution in [2.45, 2.75) is 58.4 Å². The lowest BCUT2D eigenvalue weighted by Gasteiger charge is -2.41. The molecule has 2 aromatic carbocycles. The number of hydrogen-bond donors (Lipinski definition) is 5. The first kappa shape index (κ1) is 47.7. The zero-order valence-electron chi connectivity index (χ0n) is 30.9. The monoisotopic (exact) mass is 877 g/mol. The molecule has 0 saturated carbocycles. The molecule has 0 saturated heterocycles. The van der Waals surface area contributed by atoms with E-state index in [1.807, 2.05) is 61.7 Å². The van der Waals surface area contributed by atoms with Crippen molar-refractivity contribution in [2.75, 3.05) is 36.5 Å². The molecule has 0 aliphatic carbocycles. The van der Waals surface area contributed by atoms with Crippen LogP contribution >= 0.6 is 27.7 Å². The van der Waals surface area contributed by atoms with Gasteiger partial charge >= 0.3 is 18.1 Å². The quantitative estimate of drug-likeness (QED) is 0.0619. The van der Waals surface area contributed by atoms with E-state index in [4.69, 9.17) is 15.6 Å². The fraction of sp³-hybridized carbons (Fsp3) is 0.432. The van der Waals surface area contributed by atoms with Gasteiger partial charge in [-0.3, -0.25) is 14.4 Å². The number of amides is 3. The number of carboxylic acid groups (broad SMARTS) is 2. The molecule has 56 heavy (non-hydrogen) atoms. The average Bonchev–Trinajstić information content (AvgIpc) is 3.52. The number of halogens is 6. The van der Waals surface area contributed by atoms with Crippen molar-refractivity contribution in [2.24, 2.45) is 11.1 Å². The van der Waals surface area contributed by atoms with E-state index in [2.05, 4.69) is 26.6 Å². The first-order valence-electron chi connectivity index (χ1n) is 17.1. The Kier molecular flexibility index (Phi) is 19.0. The van der Waals surface area contributed by atoms with Crippen LogP contribution in [0.25, 0.3) is 11.1 Å². The van der Waals surface area contributed by atoms with Gasteiger partial charge in [-0.05, 0) is 48.2 Å². The molecule has 12 nitrogen and oxygen atoms in total. The molecule has 308 valence electrons. The number of benzene rings is 2. The fourth-order valence-electron chi connectivity index (χ4n) is 5.41. The number of aromatic nitrogens is 1. The summed E-state index contributed by atoms with van der Waals surface area (Å²) < 4.78 is 63.0. The topological polar surface area (TPSA) is 184 Å². The number of nitrogens with two attached hydrogens (primary N) is 1. The van der Waals surface area contributed by atoms with Crippen LogP contribution in [0.1, 0.15) is 50.9 Å². The number of aliphatic carboxylic acids is 2. The highest BCUT2D eigenvalue weighted by Gasteiger charge is 2.38. The molecule has 2 atom stereocenters. The van der Waals surface area contributed by atoms with Gasteiger partial charge in [-0.1, -0.05) is 67.0 Å². The zero-order chi connectivity index (χ0) is 42.2. The number of thioether (sulfide) groups is 1. The maximum Gasteiger partial charge on any atom is 0.490 e. The van der Waals surface area contributed by atoms with Gasteiger partial charge in [0.15, 0.2) is 0 Å². The highest BCUT2D eigenvalue weighted by Crippen LogP contribution is 2.41. The molecular formula is C37H45BrF5N5O7S. The molecular weight excluding hydrogens is 833 g/mol. The summed E-state index contributed by atoms with van der Waals surface area (Å²) in [5.74, 6) is -6.00. The molecule has 0 bridgehead atoms. The summed E-state index contributed by atoms with van der Waals surface area (Å²) in [7, 11) is 0. The zero-order valence-corrected chi connectivity index (χ0v) is 33.3. The maximum absolute atomic E-state index is 15.0. The normalized spacial score (nSPS) is 12.5. The van der Waals surface area contributed by atoms with Crippen LogP contribution in [-0.4, -0.2) is 98.0 Å². The van der Waals surface area contributed by atoms with E-state index in [0.717, 1.165) is 29.5 Å². The molecule has 6 N–H and O–H groups in total. The molecule has 19 heteroatoms. The maximum atomic E-state index is 15.0. The van der Waals surface area contributed by atoms with Crippen molar-refractivity contribution >= 4 is 57.4 Å². The van der Waals surface area contributed by atoms with Crippen molar-refractivity contribution in [3.05, 3.63) is 83.7 Å². The summed E-state index contributed by atoms with van der Waals surface area (Å²) in [6, 6.07) is 13.1. The smallest absolute Gasteiger partial charge is 0.480 e. The molecule has 0 unspecified atom stereocenters. The first-order chi connectivity index (χ1) is 26.2. The lowest BCUT2D eigenvalue weighted by Crippen LogP contribution is -2.48. The number of carbonyl (C=O) groups is 5. The third kappa shape index (κ3) is 15.6. The van der Waals surface area contributed by atoms with Crippen molar-refractivity contribution in [3.8, 4) is 11.1 Å². The van der Waals surface area contributed by atoms with Crippen LogP contribution in [0.3, 0.4) is 0 Å². The van der Waals surface area contributed by atoms with Crippen LogP contribution in [0, 0.1) is 17.0 Å². The highest BCUT2D eigenvalue weighted by atomic mass is 79.9. The lowest BCUT2D eigenvalue weighted by molar-refractivity contribution is -0.192. The van der Waals surface area contributed by atoms with Crippen molar-refractivity contribution < 1.29 is 56.1 Å². The van der Waals surface area contributed by atoms with Crippen LogP contribution < -0.4 is 16.4 Å². The van der Waals surface area contributed by atoms with Gasteiger partial charge in [0.2, 0.25) is 17.7 Å². The van der Waals surface area contributed by atoms with Gasteiger partial charge in [-0.15, -0.1) is 0 Å². The van der Waals surface area contributed by atoms with E-state index in [1.165, 1.54) is 11.8 Å². The minimum atomic E-state index is -5.08. The Hall–Kier alpha value is -4.49. The second kappa shape index (κ2) is 22.3. The summed E-state index contributed by atoms with van der Waals surface area (Å²) in [4.78, 5) is 60.1. The Morgan fingerprint density at radius 2 is 1.62 bits per heavy atom. The Labute approximate surface area is 333 Å². The highest BCUT2D eigenvalue weighted by molar-refractivity contribution is 9.09. The Bertz CT molecular complexity index is 1790. The third-order valence-electron chi connectivity index (χ3n) is 7.90. The van der Waals surface area contributed by atoms with Crippen LogP contribution in [-0.2, 0) is 30.5 Å². The van der Waals surface area contributed by atoms with E-state index >= 15 is 4.39 Å². The summed E-state index contributed by atoms with van der Waals surface area (Å²) in [5.41, 5.74) is 7.72. The van der Waals surface area contributed by atoms with Crippen molar-refractivity contribution in [1.29, 1.82) is 0 Å². The van der Waals surface area contributed by atoms with Gasteiger partial charge in [0.25, 0.3) is 0 Å². The first-order valence-corrected chi connectivity index (χ1v) is 19.4. The Balaban J connectivity index is 0.00000141. The molecule has 0 spiro atoms. The minimum Gasteiger partial charge on any atom is -0.480 e. The predicted molar refractivity (Wildman–Crippen MR) is 205 cm³/mol. The lowest BCUT2D eigenvalue weighted by atomic mass is 9.83. The molecule has 1 heterocycles. The van der Waals surface area contributed by atoms with Gasteiger partial charge in [0.05, 0.1) is 17.1 Å².